The van der Waals surface area contributed by atoms with Crippen LogP contribution in [-0.4, -0.2) is 26.7 Å². The molecule has 0 bridgehead atoms. The number of nitrogens with one attached hydrogen (secondary N) is 1. The van der Waals surface area contributed by atoms with Crippen LogP contribution in [0.4, 0.5) is 0 Å². The number of hydrogen-bond donors (Lipinski definition) is 1. The van der Waals surface area contributed by atoms with Crippen LogP contribution in [0.25, 0.3) is 6.08 Å². The molecule has 0 aliphatic heterocycles. The average molecular weight is 315 g/mol. The van der Waals surface area contributed by atoms with Gasteiger partial charge in [0.2, 0.25) is 5.91 Å². The van der Waals surface area contributed by atoms with Crippen LogP contribution in [0.5, 0.6) is 11.5 Å². The Labute approximate surface area is 138 Å². The SMILES string of the molecule is COc1ccc(/C=C/C(=O)NCCC2=CCCCC2)c(OC)c1. The molecule has 1 aliphatic rings. The highest BCUT2D eigenvalue weighted by molar-refractivity contribution is 5.92. The van der Waals surface area contributed by atoms with Gasteiger partial charge in [-0.2, -0.15) is 0 Å². The van der Waals surface area contributed by atoms with Crippen molar-refractivity contribution in [1.82, 2.24) is 5.32 Å². The van der Waals surface area contributed by atoms with Crippen molar-refractivity contribution < 1.29 is 14.3 Å². The summed E-state index contributed by atoms with van der Waals surface area (Å²) in [7, 11) is 3.21. The van der Waals surface area contributed by atoms with E-state index in [-0.39, 0.29) is 5.91 Å². The summed E-state index contributed by atoms with van der Waals surface area (Å²) in [5, 5.41) is 2.93. The summed E-state index contributed by atoms with van der Waals surface area (Å²) in [5.74, 6) is 1.32. The maximum atomic E-state index is 11.9. The molecular formula is C19H25NO3. The van der Waals surface area contributed by atoms with Crippen molar-refractivity contribution in [3.8, 4) is 11.5 Å². The van der Waals surface area contributed by atoms with E-state index < -0.39 is 0 Å². The Morgan fingerprint density at radius 2 is 2.13 bits per heavy atom. The zero-order valence-corrected chi connectivity index (χ0v) is 13.9. The van der Waals surface area contributed by atoms with Gasteiger partial charge in [0, 0.05) is 24.3 Å². The maximum Gasteiger partial charge on any atom is 0.244 e. The first-order chi connectivity index (χ1) is 11.2. The number of benzene rings is 1. The highest BCUT2D eigenvalue weighted by Crippen LogP contribution is 2.25. The van der Waals surface area contributed by atoms with Gasteiger partial charge in [-0.05, 0) is 50.3 Å². The minimum Gasteiger partial charge on any atom is -0.497 e. The van der Waals surface area contributed by atoms with Gasteiger partial charge in [0.15, 0.2) is 0 Å². The topological polar surface area (TPSA) is 47.6 Å². The number of rotatable bonds is 7. The third-order valence-corrected chi connectivity index (χ3v) is 3.99. The number of ether oxygens (including phenoxy) is 2. The molecule has 0 radical (unpaired) electrons. The third-order valence-electron chi connectivity index (χ3n) is 3.99. The van der Waals surface area contributed by atoms with Crippen LogP contribution >= 0.6 is 0 Å². The van der Waals surface area contributed by atoms with Gasteiger partial charge in [0.1, 0.15) is 11.5 Å². The zero-order valence-electron chi connectivity index (χ0n) is 13.9. The second-order valence-electron chi connectivity index (χ2n) is 5.59. The number of amides is 1. The number of methoxy groups -OCH3 is 2. The summed E-state index contributed by atoms with van der Waals surface area (Å²) >= 11 is 0. The van der Waals surface area contributed by atoms with Gasteiger partial charge in [-0.15, -0.1) is 0 Å². The lowest BCUT2D eigenvalue weighted by Gasteiger charge is -2.12. The zero-order chi connectivity index (χ0) is 16.5. The molecule has 23 heavy (non-hydrogen) atoms. The molecule has 0 heterocycles. The minimum absolute atomic E-state index is 0.0840. The molecule has 1 aromatic carbocycles. The predicted molar refractivity (Wildman–Crippen MR) is 92.8 cm³/mol. The largest absolute Gasteiger partial charge is 0.497 e. The Morgan fingerprint density at radius 3 is 2.83 bits per heavy atom. The first kappa shape index (κ1) is 17.1. The van der Waals surface area contributed by atoms with E-state index in [0.29, 0.717) is 12.3 Å². The van der Waals surface area contributed by atoms with E-state index in [2.05, 4.69) is 11.4 Å². The molecule has 124 valence electrons. The lowest BCUT2D eigenvalue weighted by Crippen LogP contribution is -2.22. The highest BCUT2D eigenvalue weighted by Gasteiger charge is 2.05. The molecule has 1 N–H and O–H groups in total. The molecule has 0 aromatic heterocycles. The predicted octanol–water partition coefficient (Wildman–Crippen LogP) is 3.72. The first-order valence-corrected chi connectivity index (χ1v) is 8.09. The van der Waals surface area contributed by atoms with E-state index in [4.69, 9.17) is 9.47 Å². The molecule has 2 rings (SSSR count). The standard InChI is InChI=1S/C19H25NO3/c1-22-17-10-8-16(18(14-17)23-2)9-11-19(21)20-13-12-15-6-4-3-5-7-15/h6,8-11,14H,3-5,7,12-13H2,1-2H3,(H,20,21)/b11-9+. The third kappa shape index (κ3) is 5.47. The second kappa shape index (κ2) is 9.03. The Hall–Kier alpha value is -2.23. The quantitative estimate of drug-likeness (QED) is 0.616. The van der Waals surface area contributed by atoms with Crippen LogP contribution in [0.2, 0.25) is 0 Å². The van der Waals surface area contributed by atoms with E-state index >= 15 is 0 Å². The summed E-state index contributed by atoms with van der Waals surface area (Å²) < 4.78 is 10.5. The highest BCUT2D eigenvalue weighted by atomic mass is 16.5. The van der Waals surface area contributed by atoms with Crippen molar-refractivity contribution in [3.63, 3.8) is 0 Å². The number of allylic oxidation sites excluding steroid dienone is 1. The molecule has 4 heteroatoms. The first-order valence-electron chi connectivity index (χ1n) is 8.09. The van der Waals surface area contributed by atoms with Crippen LogP contribution in [0.15, 0.2) is 35.9 Å². The van der Waals surface area contributed by atoms with Crippen LogP contribution in [-0.2, 0) is 4.79 Å². The summed E-state index contributed by atoms with van der Waals surface area (Å²) in [4.78, 5) is 11.9. The molecule has 1 amide bonds. The fourth-order valence-electron chi connectivity index (χ4n) is 2.66. The number of carbonyl (C=O) groups is 1. The van der Waals surface area contributed by atoms with Crippen molar-refractivity contribution in [2.45, 2.75) is 32.1 Å². The monoisotopic (exact) mass is 315 g/mol. The van der Waals surface area contributed by atoms with Gasteiger partial charge < -0.3 is 14.8 Å². The van der Waals surface area contributed by atoms with Gasteiger partial charge >= 0.3 is 0 Å². The molecule has 1 aromatic rings. The average Bonchev–Trinajstić information content (AvgIpc) is 2.60. The van der Waals surface area contributed by atoms with E-state index in [0.717, 1.165) is 17.7 Å². The molecule has 0 saturated heterocycles. The molecule has 0 spiro atoms. The lowest BCUT2D eigenvalue weighted by molar-refractivity contribution is -0.116. The fraction of sp³-hybridized carbons (Fsp3) is 0.421. The Kier molecular flexibility index (Phi) is 6.73. The van der Waals surface area contributed by atoms with Crippen LogP contribution in [0.1, 0.15) is 37.7 Å². The molecule has 0 saturated carbocycles. The summed E-state index contributed by atoms with van der Waals surface area (Å²) in [6.07, 6.45) is 11.5. The second-order valence-corrected chi connectivity index (χ2v) is 5.59. The van der Waals surface area contributed by atoms with Gasteiger partial charge in [0.05, 0.1) is 14.2 Å². The maximum absolute atomic E-state index is 11.9. The van der Waals surface area contributed by atoms with E-state index in [1.165, 1.54) is 31.3 Å². The van der Waals surface area contributed by atoms with Crippen LogP contribution in [0.3, 0.4) is 0 Å². The Morgan fingerprint density at radius 1 is 1.26 bits per heavy atom. The van der Waals surface area contributed by atoms with Crippen molar-refractivity contribution in [2.24, 2.45) is 0 Å². The van der Waals surface area contributed by atoms with Crippen molar-refractivity contribution >= 4 is 12.0 Å². The summed E-state index contributed by atoms with van der Waals surface area (Å²) in [6, 6.07) is 5.51. The Balaban J connectivity index is 1.84. The molecule has 1 aliphatic carbocycles. The summed E-state index contributed by atoms with van der Waals surface area (Å²) in [6.45, 7) is 0.689. The Bertz CT molecular complexity index is 590. The van der Waals surface area contributed by atoms with Crippen LogP contribution < -0.4 is 14.8 Å². The smallest absolute Gasteiger partial charge is 0.244 e. The normalized spacial score (nSPS) is 14.4. The lowest BCUT2D eigenvalue weighted by atomic mass is 9.97. The fourth-order valence-corrected chi connectivity index (χ4v) is 2.66. The summed E-state index contributed by atoms with van der Waals surface area (Å²) in [5.41, 5.74) is 2.32. The molecule has 4 nitrogen and oxygen atoms in total. The van der Waals surface area contributed by atoms with E-state index in [1.54, 1.807) is 32.4 Å². The van der Waals surface area contributed by atoms with Crippen molar-refractivity contribution in [2.75, 3.05) is 20.8 Å². The molecular weight excluding hydrogens is 290 g/mol. The van der Waals surface area contributed by atoms with E-state index in [1.807, 2.05) is 12.1 Å². The van der Waals surface area contributed by atoms with Crippen molar-refractivity contribution in [1.29, 1.82) is 0 Å². The van der Waals surface area contributed by atoms with Gasteiger partial charge in [-0.3, -0.25) is 4.79 Å². The van der Waals surface area contributed by atoms with E-state index in [9.17, 15) is 4.79 Å². The van der Waals surface area contributed by atoms with Gasteiger partial charge in [0.25, 0.3) is 0 Å². The number of carbonyl (C=O) groups excluding carboxylic acids is 1. The van der Waals surface area contributed by atoms with Gasteiger partial charge in [-0.1, -0.05) is 11.6 Å². The van der Waals surface area contributed by atoms with Gasteiger partial charge in [-0.25, -0.2) is 0 Å². The molecule has 0 atom stereocenters. The molecule has 0 unspecified atom stereocenters. The minimum atomic E-state index is -0.0840. The van der Waals surface area contributed by atoms with Crippen molar-refractivity contribution in [3.05, 3.63) is 41.5 Å². The number of hydrogen-bond acceptors (Lipinski definition) is 3. The molecule has 0 fully saturated rings. The van der Waals surface area contributed by atoms with Crippen LogP contribution in [0, 0.1) is 0 Å².